The fraction of sp³-hybridized carbons (Fsp3) is 0.167. The van der Waals surface area contributed by atoms with Gasteiger partial charge in [-0.2, -0.15) is 5.10 Å². The first kappa shape index (κ1) is 10.6. The van der Waals surface area contributed by atoms with Crippen LogP contribution >= 0.6 is 0 Å². The number of aromatic nitrogens is 5. The molecule has 1 N–H and O–H groups in total. The number of hydrogen-bond acceptors (Lipinski definition) is 4. The largest absolute Gasteiger partial charge is 0.311 e. The Bertz CT molecular complexity index is 731. The number of aromatic amines is 1. The van der Waals surface area contributed by atoms with Crippen LogP contribution in [0.3, 0.4) is 0 Å². The van der Waals surface area contributed by atoms with Gasteiger partial charge < -0.3 is 4.98 Å². The molecule has 1 unspecified atom stereocenters. The van der Waals surface area contributed by atoms with Crippen LogP contribution in [0.5, 0.6) is 0 Å². The minimum Gasteiger partial charge on any atom is -0.311 e. The zero-order valence-corrected chi connectivity index (χ0v) is 9.74. The molecule has 0 aliphatic heterocycles. The number of nitrogens with zero attached hydrogens (tertiary/aromatic N) is 4. The molecular formula is C12H11N5O. The first-order valence-electron chi connectivity index (χ1n) is 5.59. The van der Waals surface area contributed by atoms with Crippen molar-refractivity contribution in [2.24, 2.45) is 0 Å². The van der Waals surface area contributed by atoms with Crippen LogP contribution in [-0.2, 0) is 0 Å². The average molecular weight is 241 g/mol. The van der Waals surface area contributed by atoms with Crippen molar-refractivity contribution in [2.45, 2.75) is 13.0 Å². The molecule has 0 spiro atoms. The van der Waals surface area contributed by atoms with E-state index in [1.54, 1.807) is 17.1 Å². The number of hydrogen-bond donors (Lipinski definition) is 1. The molecule has 0 fully saturated rings. The van der Waals surface area contributed by atoms with E-state index in [1.807, 2.05) is 25.1 Å². The van der Waals surface area contributed by atoms with Gasteiger partial charge in [-0.05, 0) is 19.1 Å². The molecule has 90 valence electrons. The third-order valence-electron chi connectivity index (χ3n) is 2.84. The fourth-order valence-electron chi connectivity index (χ4n) is 1.82. The molecule has 0 aliphatic rings. The number of rotatable bonds is 2. The number of H-pyrrole nitrogens is 1. The van der Waals surface area contributed by atoms with Gasteiger partial charge in [-0.15, -0.1) is 0 Å². The Morgan fingerprint density at radius 2 is 2.22 bits per heavy atom. The predicted octanol–water partition coefficient (Wildman–Crippen LogP) is 1.12. The summed E-state index contributed by atoms with van der Waals surface area (Å²) in [6.45, 7) is 1.97. The van der Waals surface area contributed by atoms with Crippen LogP contribution in [0.15, 0.2) is 41.7 Å². The third-order valence-corrected chi connectivity index (χ3v) is 2.84. The van der Waals surface area contributed by atoms with Crippen LogP contribution in [0.2, 0.25) is 0 Å². The Balaban J connectivity index is 2.10. The van der Waals surface area contributed by atoms with Gasteiger partial charge in [0.05, 0.1) is 24.3 Å². The maximum atomic E-state index is 11.6. The summed E-state index contributed by atoms with van der Waals surface area (Å²) in [4.78, 5) is 22.4. The van der Waals surface area contributed by atoms with Gasteiger partial charge in [-0.3, -0.25) is 14.5 Å². The summed E-state index contributed by atoms with van der Waals surface area (Å²) in [5.74, 6) is 0. The van der Waals surface area contributed by atoms with Gasteiger partial charge >= 0.3 is 0 Å². The van der Waals surface area contributed by atoms with E-state index in [-0.39, 0.29) is 11.6 Å². The van der Waals surface area contributed by atoms with Gasteiger partial charge in [0.1, 0.15) is 5.52 Å². The van der Waals surface area contributed by atoms with Crippen molar-refractivity contribution in [3.05, 3.63) is 53.0 Å². The molecule has 3 aromatic rings. The van der Waals surface area contributed by atoms with Crippen LogP contribution in [-0.4, -0.2) is 24.7 Å². The molecule has 6 nitrogen and oxygen atoms in total. The standard InChI is InChI=1S/C12H11N5O/c1-8(9-4-2-3-5-13-9)17-6-10-11(16-17)12(18)15-7-14-10/h2-8H,1H3,(H,14,15,18). The maximum absolute atomic E-state index is 11.6. The Labute approximate surface area is 102 Å². The molecule has 0 aromatic carbocycles. The van der Waals surface area contributed by atoms with E-state index < -0.39 is 0 Å². The topological polar surface area (TPSA) is 76.5 Å². The summed E-state index contributed by atoms with van der Waals surface area (Å²) in [5.41, 5.74) is 1.59. The summed E-state index contributed by atoms with van der Waals surface area (Å²) in [6, 6.07) is 5.67. The van der Waals surface area contributed by atoms with Gasteiger partial charge in [0.2, 0.25) is 0 Å². The summed E-state index contributed by atoms with van der Waals surface area (Å²) >= 11 is 0. The molecule has 0 saturated carbocycles. The minimum absolute atomic E-state index is 0.0419. The third kappa shape index (κ3) is 1.67. The first-order chi connectivity index (χ1) is 8.75. The Hall–Kier alpha value is -2.50. The van der Waals surface area contributed by atoms with E-state index in [2.05, 4.69) is 20.1 Å². The maximum Gasteiger partial charge on any atom is 0.279 e. The molecule has 0 amide bonds. The van der Waals surface area contributed by atoms with Crippen LogP contribution < -0.4 is 5.56 Å². The Kier molecular flexibility index (Phi) is 2.40. The molecular weight excluding hydrogens is 230 g/mol. The summed E-state index contributed by atoms with van der Waals surface area (Å²) in [7, 11) is 0. The van der Waals surface area contributed by atoms with Gasteiger partial charge in [0, 0.05) is 6.20 Å². The van der Waals surface area contributed by atoms with E-state index in [4.69, 9.17) is 0 Å². The highest BCUT2D eigenvalue weighted by Gasteiger charge is 2.12. The molecule has 3 heterocycles. The average Bonchev–Trinajstić information content (AvgIpc) is 2.84. The van der Waals surface area contributed by atoms with Gasteiger partial charge in [-0.1, -0.05) is 6.07 Å². The Morgan fingerprint density at radius 3 is 2.94 bits per heavy atom. The normalized spacial score (nSPS) is 12.7. The fourth-order valence-corrected chi connectivity index (χ4v) is 1.82. The second-order valence-electron chi connectivity index (χ2n) is 4.01. The van der Waals surface area contributed by atoms with Crippen LogP contribution in [0.25, 0.3) is 11.0 Å². The predicted molar refractivity (Wildman–Crippen MR) is 66.2 cm³/mol. The van der Waals surface area contributed by atoms with Crippen molar-refractivity contribution in [2.75, 3.05) is 0 Å². The van der Waals surface area contributed by atoms with E-state index in [0.29, 0.717) is 11.0 Å². The highest BCUT2D eigenvalue weighted by molar-refractivity contribution is 5.71. The van der Waals surface area contributed by atoms with Crippen molar-refractivity contribution in [3.8, 4) is 0 Å². The lowest BCUT2D eigenvalue weighted by molar-refractivity contribution is 0.556. The Morgan fingerprint density at radius 1 is 1.33 bits per heavy atom. The lowest BCUT2D eigenvalue weighted by atomic mass is 10.2. The van der Waals surface area contributed by atoms with E-state index in [0.717, 1.165) is 5.69 Å². The van der Waals surface area contributed by atoms with Gasteiger partial charge in [-0.25, -0.2) is 4.98 Å². The SMILES string of the molecule is CC(c1ccccn1)n1cc2nc[nH]c(=O)c2n1. The smallest absolute Gasteiger partial charge is 0.279 e. The quantitative estimate of drug-likeness (QED) is 0.729. The summed E-state index contributed by atoms with van der Waals surface area (Å²) < 4.78 is 1.70. The van der Waals surface area contributed by atoms with Crippen LogP contribution in [0.1, 0.15) is 18.7 Å². The zero-order chi connectivity index (χ0) is 12.5. The molecule has 18 heavy (non-hydrogen) atoms. The zero-order valence-electron chi connectivity index (χ0n) is 9.74. The summed E-state index contributed by atoms with van der Waals surface area (Å²) in [5, 5.41) is 4.26. The van der Waals surface area contributed by atoms with Crippen molar-refractivity contribution in [1.29, 1.82) is 0 Å². The second kappa shape index (κ2) is 4.06. The highest BCUT2D eigenvalue weighted by atomic mass is 16.1. The van der Waals surface area contributed by atoms with Crippen molar-refractivity contribution >= 4 is 11.0 Å². The molecule has 3 rings (SSSR count). The minimum atomic E-state index is -0.230. The van der Waals surface area contributed by atoms with Gasteiger partial charge in [0.25, 0.3) is 5.56 Å². The van der Waals surface area contributed by atoms with Crippen molar-refractivity contribution < 1.29 is 0 Å². The molecule has 3 aromatic heterocycles. The molecule has 0 aliphatic carbocycles. The summed E-state index contributed by atoms with van der Waals surface area (Å²) in [6.07, 6.45) is 4.87. The number of fused-ring (bicyclic) bond motifs is 1. The molecule has 0 saturated heterocycles. The number of nitrogens with one attached hydrogen (secondary N) is 1. The molecule has 6 heteroatoms. The molecule has 0 radical (unpaired) electrons. The van der Waals surface area contributed by atoms with Crippen LogP contribution in [0.4, 0.5) is 0 Å². The molecule has 0 bridgehead atoms. The molecule has 1 atom stereocenters. The monoisotopic (exact) mass is 241 g/mol. The van der Waals surface area contributed by atoms with Crippen molar-refractivity contribution in [1.82, 2.24) is 24.7 Å². The highest BCUT2D eigenvalue weighted by Crippen LogP contribution is 2.15. The number of pyridine rings is 1. The van der Waals surface area contributed by atoms with Crippen molar-refractivity contribution in [3.63, 3.8) is 0 Å². The second-order valence-corrected chi connectivity index (χ2v) is 4.01. The van der Waals surface area contributed by atoms with E-state index >= 15 is 0 Å². The lowest BCUT2D eigenvalue weighted by Crippen LogP contribution is -2.10. The lowest BCUT2D eigenvalue weighted by Gasteiger charge is -2.10. The first-order valence-corrected chi connectivity index (χ1v) is 5.59. The van der Waals surface area contributed by atoms with E-state index in [9.17, 15) is 4.79 Å². The van der Waals surface area contributed by atoms with E-state index in [1.165, 1.54) is 6.33 Å². The van der Waals surface area contributed by atoms with Crippen LogP contribution in [0, 0.1) is 0 Å². The van der Waals surface area contributed by atoms with Gasteiger partial charge in [0.15, 0.2) is 5.52 Å².